The standard InChI is InChI=1S/C14H24N2O2S/c1-5-19(17,18)14-8-6-13(7-9-14)15-10-11-16(4)12(2)3/h6-9,12,15H,5,10-11H2,1-4H3. The lowest BCUT2D eigenvalue weighted by molar-refractivity contribution is 0.284. The van der Waals surface area contributed by atoms with Crippen LogP contribution in [0.15, 0.2) is 29.2 Å². The van der Waals surface area contributed by atoms with Crippen molar-refractivity contribution < 1.29 is 8.42 Å². The van der Waals surface area contributed by atoms with Gasteiger partial charge < -0.3 is 10.2 Å². The number of likely N-dealkylation sites (N-methyl/N-ethyl adjacent to an activating group) is 1. The fourth-order valence-corrected chi connectivity index (χ4v) is 2.47. The summed E-state index contributed by atoms with van der Waals surface area (Å²) in [6, 6.07) is 7.48. The van der Waals surface area contributed by atoms with E-state index in [9.17, 15) is 8.42 Å². The first-order valence-corrected chi connectivity index (χ1v) is 8.29. The molecule has 1 aromatic rings. The van der Waals surface area contributed by atoms with Crippen LogP contribution >= 0.6 is 0 Å². The van der Waals surface area contributed by atoms with Crippen LogP contribution in [-0.2, 0) is 9.84 Å². The summed E-state index contributed by atoms with van der Waals surface area (Å²) in [7, 11) is -1.01. The van der Waals surface area contributed by atoms with Crippen LogP contribution in [0, 0.1) is 0 Å². The molecule has 1 N–H and O–H groups in total. The average molecular weight is 284 g/mol. The van der Waals surface area contributed by atoms with E-state index < -0.39 is 9.84 Å². The molecule has 4 nitrogen and oxygen atoms in total. The minimum atomic E-state index is -3.10. The van der Waals surface area contributed by atoms with E-state index in [0.29, 0.717) is 10.9 Å². The van der Waals surface area contributed by atoms with Crippen LogP contribution in [0.3, 0.4) is 0 Å². The molecule has 0 fully saturated rings. The van der Waals surface area contributed by atoms with Crippen LogP contribution in [0.5, 0.6) is 0 Å². The Morgan fingerprint density at radius 3 is 2.26 bits per heavy atom. The Hall–Kier alpha value is -1.07. The number of rotatable bonds is 7. The SMILES string of the molecule is CCS(=O)(=O)c1ccc(NCCN(C)C(C)C)cc1. The second-order valence-corrected chi connectivity index (χ2v) is 7.21. The zero-order valence-corrected chi connectivity index (χ0v) is 13.0. The van der Waals surface area contributed by atoms with Gasteiger partial charge in [-0.25, -0.2) is 8.42 Å². The fourth-order valence-electron chi connectivity index (χ4n) is 1.58. The molecule has 0 unspecified atom stereocenters. The highest BCUT2D eigenvalue weighted by atomic mass is 32.2. The third-order valence-electron chi connectivity index (χ3n) is 3.27. The van der Waals surface area contributed by atoms with Gasteiger partial charge in [-0.3, -0.25) is 0 Å². The van der Waals surface area contributed by atoms with Gasteiger partial charge in [0.1, 0.15) is 0 Å². The number of nitrogens with zero attached hydrogens (tertiary/aromatic N) is 1. The first-order chi connectivity index (χ1) is 8.86. The molecular formula is C14H24N2O2S. The van der Waals surface area contributed by atoms with Crippen molar-refractivity contribution in [1.82, 2.24) is 4.90 Å². The van der Waals surface area contributed by atoms with Gasteiger partial charge in [-0.1, -0.05) is 6.92 Å². The number of sulfone groups is 1. The van der Waals surface area contributed by atoms with Crippen molar-refractivity contribution >= 4 is 15.5 Å². The van der Waals surface area contributed by atoms with Crippen LogP contribution in [0.2, 0.25) is 0 Å². The van der Waals surface area contributed by atoms with Gasteiger partial charge >= 0.3 is 0 Å². The number of hydrogen-bond acceptors (Lipinski definition) is 4. The Kier molecular flexibility index (Phi) is 5.82. The molecule has 0 aliphatic carbocycles. The summed E-state index contributed by atoms with van der Waals surface area (Å²) in [6.07, 6.45) is 0. The predicted molar refractivity (Wildman–Crippen MR) is 80.4 cm³/mol. The average Bonchev–Trinajstić information content (AvgIpc) is 2.39. The predicted octanol–water partition coefficient (Wildman–Crippen LogP) is 2.23. The molecule has 0 saturated carbocycles. The smallest absolute Gasteiger partial charge is 0.178 e. The van der Waals surface area contributed by atoms with Crippen molar-refractivity contribution in [3.63, 3.8) is 0 Å². The van der Waals surface area contributed by atoms with Crippen molar-refractivity contribution in [1.29, 1.82) is 0 Å². The molecule has 0 radical (unpaired) electrons. The Morgan fingerprint density at radius 2 is 1.79 bits per heavy atom. The molecular weight excluding hydrogens is 260 g/mol. The summed E-state index contributed by atoms with van der Waals surface area (Å²) in [5, 5.41) is 3.29. The van der Waals surface area contributed by atoms with E-state index in [1.807, 2.05) is 12.1 Å². The van der Waals surface area contributed by atoms with Gasteiger partial charge in [0.25, 0.3) is 0 Å². The molecule has 1 aromatic carbocycles. The highest BCUT2D eigenvalue weighted by molar-refractivity contribution is 7.91. The van der Waals surface area contributed by atoms with Crippen LogP contribution in [0.1, 0.15) is 20.8 Å². The summed E-state index contributed by atoms with van der Waals surface area (Å²) >= 11 is 0. The summed E-state index contributed by atoms with van der Waals surface area (Å²) in [4.78, 5) is 2.64. The molecule has 0 amide bonds. The summed E-state index contributed by atoms with van der Waals surface area (Å²) in [5.41, 5.74) is 0.951. The molecule has 108 valence electrons. The summed E-state index contributed by atoms with van der Waals surface area (Å²) in [6.45, 7) is 7.76. The largest absolute Gasteiger partial charge is 0.384 e. The van der Waals surface area contributed by atoms with E-state index in [0.717, 1.165) is 18.8 Å². The number of nitrogens with one attached hydrogen (secondary N) is 1. The van der Waals surface area contributed by atoms with Crippen molar-refractivity contribution in [2.24, 2.45) is 0 Å². The van der Waals surface area contributed by atoms with Gasteiger partial charge in [0.2, 0.25) is 0 Å². The van der Waals surface area contributed by atoms with E-state index >= 15 is 0 Å². The second kappa shape index (κ2) is 6.91. The first kappa shape index (κ1) is 16.0. The van der Waals surface area contributed by atoms with Gasteiger partial charge in [-0.05, 0) is 45.2 Å². The molecule has 0 aliphatic rings. The van der Waals surface area contributed by atoms with E-state index in [-0.39, 0.29) is 5.75 Å². The van der Waals surface area contributed by atoms with Gasteiger partial charge in [0, 0.05) is 24.8 Å². The molecule has 0 aromatic heterocycles. The maximum absolute atomic E-state index is 11.7. The van der Waals surface area contributed by atoms with Crippen molar-refractivity contribution in [2.75, 3.05) is 31.2 Å². The number of hydrogen-bond donors (Lipinski definition) is 1. The quantitative estimate of drug-likeness (QED) is 0.834. The fraction of sp³-hybridized carbons (Fsp3) is 0.571. The molecule has 5 heteroatoms. The molecule has 0 saturated heterocycles. The molecule has 0 heterocycles. The maximum Gasteiger partial charge on any atom is 0.178 e. The van der Waals surface area contributed by atoms with Gasteiger partial charge in [0.15, 0.2) is 9.84 Å². The van der Waals surface area contributed by atoms with E-state index in [4.69, 9.17) is 0 Å². The van der Waals surface area contributed by atoms with Crippen molar-refractivity contribution in [3.05, 3.63) is 24.3 Å². The Balaban J connectivity index is 2.54. The van der Waals surface area contributed by atoms with Crippen LogP contribution in [0.25, 0.3) is 0 Å². The number of benzene rings is 1. The molecule has 1 rings (SSSR count). The Bertz CT molecular complexity index is 481. The topological polar surface area (TPSA) is 49.4 Å². The lowest BCUT2D eigenvalue weighted by Gasteiger charge is -2.21. The van der Waals surface area contributed by atoms with E-state index in [1.165, 1.54) is 0 Å². The highest BCUT2D eigenvalue weighted by Gasteiger charge is 2.10. The zero-order valence-electron chi connectivity index (χ0n) is 12.2. The Morgan fingerprint density at radius 1 is 1.21 bits per heavy atom. The Labute approximate surface area is 116 Å². The van der Waals surface area contributed by atoms with E-state index in [2.05, 4.69) is 31.1 Å². The minimum Gasteiger partial charge on any atom is -0.384 e. The highest BCUT2D eigenvalue weighted by Crippen LogP contribution is 2.15. The number of anilines is 1. The lowest BCUT2D eigenvalue weighted by Crippen LogP contribution is -2.31. The minimum absolute atomic E-state index is 0.138. The zero-order chi connectivity index (χ0) is 14.5. The van der Waals surface area contributed by atoms with Crippen molar-refractivity contribution in [2.45, 2.75) is 31.7 Å². The van der Waals surface area contributed by atoms with Gasteiger partial charge in [-0.15, -0.1) is 0 Å². The van der Waals surface area contributed by atoms with Gasteiger partial charge in [0.05, 0.1) is 10.6 Å². The monoisotopic (exact) mass is 284 g/mol. The third-order valence-corrected chi connectivity index (χ3v) is 5.02. The van der Waals surface area contributed by atoms with Gasteiger partial charge in [-0.2, -0.15) is 0 Å². The normalized spacial score (nSPS) is 12.1. The molecule has 0 bridgehead atoms. The van der Waals surface area contributed by atoms with Crippen LogP contribution < -0.4 is 5.32 Å². The van der Waals surface area contributed by atoms with E-state index in [1.54, 1.807) is 19.1 Å². The molecule has 19 heavy (non-hydrogen) atoms. The lowest BCUT2D eigenvalue weighted by atomic mass is 10.3. The summed E-state index contributed by atoms with van der Waals surface area (Å²) in [5.74, 6) is 0.138. The molecule has 0 spiro atoms. The maximum atomic E-state index is 11.7. The third kappa shape index (κ3) is 4.84. The van der Waals surface area contributed by atoms with Crippen LogP contribution in [-0.4, -0.2) is 45.2 Å². The molecule has 0 atom stereocenters. The first-order valence-electron chi connectivity index (χ1n) is 6.63. The summed E-state index contributed by atoms with van der Waals surface area (Å²) < 4.78 is 23.3. The molecule has 0 aliphatic heterocycles. The van der Waals surface area contributed by atoms with Crippen LogP contribution in [0.4, 0.5) is 5.69 Å². The second-order valence-electron chi connectivity index (χ2n) is 4.93. The van der Waals surface area contributed by atoms with Crippen molar-refractivity contribution in [3.8, 4) is 0 Å².